The van der Waals surface area contributed by atoms with Crippen LogP contribution in [-0.4, -0.2) is 30.1 Å². The van der Waals surface area contributed by atoms with E-state index in [0.717, 1.165) is 30.6 Å². The second kappa shape index (κ2) is 8.45. The lowest BCUT2D eigenvalue weighted by molar-refractivity contribution is -0.132. The van der Waals surface area contributed by atoms with Gasteiger partial charge in [-0.05, 0) is 48.2 Å². The highest BCUT2D eigenvalue weighted by Gasteiger charge is 2.23. The molecule has 1 fully saturated rings. The second-order valence-corrected chi connectivity index (χ2v) is 6.78. The third-order valence-corrected chi connectivity index (χ3v) is 4.61. The standard InChI is InChI=1S/C20H21ClFNO2/c21-17-7-3-15(4-8-17)12-20(24)23(14-19-2-1-11-25-19)13-16-5-9-18(22)10-6-16/h3-10,19H,1-2,11-14H2. The fraction of sp³-hybridized carbons (Fsp3) is 0.350. The van der Waals surface area contributed by atoms with Gasteiger partial charge in [0.05, 0.1) is 12.5 Å². The summed E-state index contributed by atoms with van der Waals surface area (Å²) in [5.41, 5.74) is 1.83. The molecular formula is C20H21ClFNO2. The summed E-state index contributed by atoms with van der Waals surface area (Å²) >= 11 is 5.90. The van der Waals surface area contributed by atoms with Crippen LogP contribution in [0.2, 0.25) is 5.02 Å². The molecule has 0 N–H and O–H groups in total. The zero-order chi connectivity index (χ0) is 17.6. The van der Waals surface area contributed by atoms with Crippen LogP contribution in [0, 0.1) is 5.82 Å². The van der Waals surface area contributed by atoms with E-state index >= 15 is 0 Å². The molecule has 1 atom stereocenters. The van der Waals surface area contributed by atoms with E-state index in [0.29, 0.717) is 24.5 Å². The van der Waals surface area contributed by atoms with Gasteiger partial charge >= 0.3 is 0 Å². The highest BCUT2D eigenvalue weighted by atomic mass is 35.5. The lowest BCUT2D eigenvalue weighted by Crippen LogP contribution is -2.37. The SMILES string of the molecule is O=C(Cc1ccc(Cl)cc1)N(Cc1ccc(F)cc1)CC1CCCO1. The van der Waals surface area contributed by atoms with E-state index < -0.39 is 0 Å². The number of amides is 1. The number of benzene rings is 2. The third-order valence-electron chi connectivity index (χ3n) is 4.36. The molecule has 2 aromatic carbocycles. The van der Waals surface area contributed by atoms with Gasteiger partial charge in [-0.1, -0.05) is 35.9 Å². The topological polar surface area (TPSA) is 29.5 Å². The van der Waals surface area contributed by atoms with Gasteiger partial charge in [-0.2, -0.15) is 0 Å². The van der Waals surface area contributed by atoms with E-state index in [-0.39, 0.29) is 17.8 Å². The second-order valence-electron chi connectivity index (χ2n) is 6.34. The van der Waals surface area contributed by atoms with Crippen molar-refractivity contribution in [2.24, 2.45) is 0 Å². The first-order chi connectivity index (χ1) is 12.1. The van der Waals surface area contributed by atoms with E-state index in [1.54, 1.807) is 29.2 Å². The largest absolute Gasteiger partial charge is 0.376 e. The predicted octanol–water partition coefficient (Wildman–Crippen LogP) is 4.23. The van der Waals surface area contributed by atoms with Gasteiger partial charge in [-0.25, -0.2) is 4.39 Å². The molecule has 0 saturated carbocycles. The molecule has 0 radical (unpaired) electrons. The van der Waals surface area contributed by atoms with Crippen molar-refractivity contribution in [2.75, 3.05) is 13.2 Å². The minimum atomic E-state index is -0.276. The number of halogens is 2. The summed E-state index contributed by atoms with van der Waals surface area (Å²) in [6, 6.07) is 13.6. The summed E-state index contributed by atoms with van der Waals surface area (Å²) in [5.74, 6) is -0.246. The monoisotopic (exact) mass is 361 g/mol. The molecule has 3 rings (SSSR count). The Morgan fingerprint density at radius 3 is 2.44 bits per heavy atom. The van der Waals surface area contributed by atoms with Gasteiger partial charge in [0.15, 0.2) is 0 Å². The van der Waals surface area contributed by atoms with E-state index in [4.69, 9.17) is 16.3 Å². The Kier molecular flexibility index (Phi) is 6.05. The quantitative estimate of drug-likeness (QED) is 0.770. The third kappa shape index (κ3) is 5.28. The van der Waals surface area contributed by atoms with Crippen molar-refractivity contribution < 1.29 is 13.9 Å². The van der Waals surface area contributed by atoms with Gasteiger partial charge < -0.3 is 9.64 Å². The van der Waals surface area contributed by atoms with Crippen molar-refractivity contribution in [1.82, 2.24) is 4.90 Å². The molecule has 25 heavy (non-hydrogen) atoms. The normalized spacial score (nSPS) is 16.8. The Morgan fingerprint density at radius 2 is 1.80 bits per heavy atom. The van der Waals surface area contributed by atoms with Crippen LogP contribution >= 0.6 is 11.6 Å². The summed E-state index contributed by atoms with van der Waals surface area (Å²) < 4.78 is 18.8. The molecule has 3 nitrogen and oxygen atoms in total. The molecule has 2 aromatic rings. The predicted molar refractivity (Wildman–Crippen MR) is 95.9 cm³/mol. The lowest BCUT2D eigenvalue weighted by atomic mass is 10.1. The first kappa shape index (κ1) is 17.9. The average Bonchev–Trinajstić information content (AvgIpc) is 3.11. The zero-order valence-electron chi connectivity index (χ0n) is 14.0. The van der Waals surface area contributed by atoms with Crippen molar-refractivity contribution in [1.29, 1.82) is 0 Å². The Bertz CT molecular complexity index is 697. The molecule has 1 unspecified atom stereocenters. The number of ether oxygens (including phenoxy) is 1. The number of nitrogens with zero attached hydrogens (tertiary/aromatic N) is 1. The highest BCUT2D eigenvalue weighted by molar-refractivity contribution is 6.30. The molecule has 0 aromatic heterocycles. The summed E-state index contributed by atoms with van der Waals surface area (Å²) in [4.78, 5) is 14.6. The van der Waals surface area contributed by atoms with E-state index in [2.05, 4.69) is 0 Å². The fourth-order valence-electron chi connectivity index (χ4n) is 2.99. The lowest BCUT2D eigenvalue weighted by Gasteiger charge is -2.26. The maximum atomic E-state index is 13.1. The Hall–Kier alpha value is -1.91. The number of carbonyl (C=O) groups is 1. The molecule has 132 valence electrons. The van der Waals surface area contributed by atoms with Crippen LogP contribution < -0.4 is 0 Å². The zero-order valence-corrected chi connectivity index (χ0v) is 14.7. The molecule has 0 aliphatic carbocycles. The highest BCUT2D eigenvalue weighted by Crippen LogP contribution is 2.17. The molecule has 1 heterocycles. The summed E-state index contributed by atoms with van der Waals surface area (Å²) in [7, 11) is 0. The summed E-state index contributed by atoms with van der Waals surface area (Å²) in [5, 5.41) is 0.652. The molecule has 1 amide bonds. The Balaban J connectivity index is 1.70. The average molecular weight is 362 g/mol. The van der Waals surface area contributed by atoms with Gasteiger partial charge in [-0.15, -0.1) is 0 Å². The number of carbonyl (C=O) groups excluding carboxylic acids is 1. The molecular weight excluding hydrogens is 341 g/mol. The van der Waals surface area contributed by atoms with Crippen molar-refractivity contribution in [2.45, 2.75) is 31.9 Å². The maximum Gasteiger partial charge on any atom is 0.227 e. The molecule has 1 aliphatic rings. The van der Waals surface area contributed by atoms with Crippen molar-refractivity contribution in [3.8, 4) is 0 Å². The van der Waals surface area contributed by atoms with Crippen molar-refractivity contribution >= 4 is 17.5 Å². The van der Waals surface area contributed by atoms with Crippen LogP contribution in [0.15, 0.2) is 48.5 Å². The van der Waals surface area contributed by atoms with E-state index in [1.165, 1.54) is 12.1 Å². The van der Waals surface area contributed by atoms with E-state index in [9.17, 15) is 9.18 Å². The van der Waals surface area contributed by atoms with Gasteiger partial charge in [0, 0.05) is 24.7 Å². The van der Waals surface area contributed by atoms with Gasteiger partial charge in [0.1, 0.15) is 5.82 Å². The van der Waals surface area contributed by atoms with Crippen LogP contribution in [0.5, 0.6) is 0 Å². The smallest absolute Gasteiger partial charge is 0.227 e. The van der Waals surface area contributed by atoms with Crippen LogP contribution in [-0.2, 0) is 22.5 Å². The molecule has 0 bridgehead atoms. The summed E-state index contributed by atoms with van der Waals surface area (Å²) in [6.07, 6.45) is 2.38. The first-order valence-corrected chi connectivity index (χ1v) is 8.86. The first-order valence-electron chi connectivity index (χ1n) is 8.48. The Labute approximate surface area is 152 Å². The number of rotatable bonds is 6. The Morgan fingerprint density at radius 1 is 1.12 bits per heavy atom. The number of hydrogen-bond donors (Lipinski definition) is 0. The summed E-state index contributed by atoms with van der Waals surface area (Å²) in [6.45, 7) is 1.76. The van der Waals surface area contributed by atoms with E-state index in [1.807, 2.05) is 12.1 Å². The molecule has 1 saturated heterocycles. The molecule has 1 aliphatic heterocycles. The van der Waals surface area contributed by atoms with Crippen LogP contribution in [0.3, 0.4) is 0 Å². The van der Waals surface area contributed by atoms with Crippen molar-refractivity contribution in [3.63, 3.8) is 0 Å². The van der Waals surface area contributed by atoms with Crippen LogP contribution in [0.25, 0.3) is 0 Å². The van der Waals surface area contributed by atoms with Gasteiger partial charge in [0.25, 0.3) is 0 Å². The minimum absolute atomic E-state index is 0.0298. The number of hydrogen-bond acceptors (Lipinski definition) is 2. The molecule has 0 spiro atoms. The van der Waals surface area contributed by atoms with Crippen LogP contribution in [0.4, 0.5) is 4.39 Å². The van der Waals surface area contributed by atoms with Crippen molar-refractivity contribution in [3.05, 3.63) is 70.5 Å². The minimum Gasteiger partial charge on any atom is -0.376 e. The van der Waals surface area contributed by atoms with Gasteiger partial charge in [-0.3, -0.25) is 4.79 Å². The van der Waals surface area contributed by atoms with Crippen LogP contribution in [0.1, 0.15) is 24.0 Å². The fourth-order valence-corrected chi connectivity index (χ4v) is 3.11. The van der Waals surface area contributed by atoms with Gasteiger partial charge in [0.2, 0.25) is 5.91 Å². The molecule has 5 heteroatoms. The maximum absolute atomic E-state index is 13.1.